The van der Waals surface area contributed by atoms with E-state index in [2.05, 4.69) is 16.4 Å². The van der Waals surface area contributed by atoms with Crippen LogP contribution in [0.25, 0.3) is 16.8 Å². The third-order valence-electron chi connectivity index (χ3n) is 4.29. The molecular formula is C21H17N3O4S. The average Bonchev–Trinajstić information content (AvgIpc) is 3.43. The molecule has 146 valence electrons. The Morgan fingerprint density at radius 1 is 1.14 bits per heavy atom. The van der Waals surface area contributed by atoms with Gasteiger partial charge in [0.1, 0.15) is 16.6 Å². The lowest BCUT2D eigenvalue weighted by atomic mass is 10.1. The van der Waals surface area contributed by atoms with Gasteiger partial charge < -0.3 is 24.3 Å². The van der Waals surface area contributed by atoms with E-state index in [1.165, 1.54) is 11.3 Å². The van der Waals surface area contributed by atoms with Crippen LogP contribution in [-0.2, 0) is 0 Å². The molecule has 4 rings (SSSR count). The molecule has 0 radical (unpaired) electrons. The topological polar surface area (TPSA) is 85.6 Å². The first kappa shape index (κ1) is 18.7. The number of rotatable bonds is 6. The Bertz CT molecular complexity index is 1120. The van der Waals surface area contributed by atoms with E-state index in [1.807, 2.05) is 29.6 Å². The Balaban J connectivity index is 1.55. The van der Waals surface area contributed by atoms with E-state index in [4.69, 9.17) is 18.9 Å². The minimum Gasteiger partial charge on any atom is -0.493 e. The highest BCUT2D eigenvalue weighted by Gasteiger charge is 2.16. The van der Waals surface area contributed by atoms with Crippen LogP contribution >= 0.6 is 11.3 Å². The largest absolute Gasteiger partial charge is 0.493 e. The van der Waals surface area contributed by atoms with E-state index in [-0.39, 0.29) is 6.79 Å². The van der Waals surface area contributed by atoms with E-state index in [1.54, 1.807) is 32.6 Å². The Labute approximate surface area is 171 Å². The number of methoxy groups -OCH3 is 2. The van der Waals surface area contributed by atoms with Crippen molar-refractivity contribution in [1.82, 2.24) is 4.98 Å². The maximum Gasteiger partial charge on any atom is 0.231 e. The molecule has 1 N–H and O–H groups in total. The highest BCUT2D eigenvalue weighted by molar-refractivity contribution is 7.11. The number of hydrogen-bond acceptors (Lipinski definition) is 8. The molecule has 0 bridgehead atoms. The molecule has 1 aliphatic rings. The third-order valence-corrected chi connectivity index (χ3v) is 5.17. The standard InChI is InChI=1S/C21H17N3O4S/c1-25-17-6-4-15(8-19(17)26-2)23-10-14(9-22)21-24-16(11-29-21)13-3-5-18-20(7-13)28-12-27-18/h3-8,10-11,23H,12H2,1-2H3/b14-10+. The summed E-state index contributed by atoms with van der Waals surface area (Å²) in [4.78, 5) is 4.60. The summed E-state index contributed by atoms with van der Waals surface area (Å²) in [5, 5.41) is 15.2. The lowest BCUT2D eigenvalue weighted by Gasteiger charge is -2.09. The van der Waals surface area contributed by atoms with Gasteiger partial charge in [0, 0.05) is 28.9 Å². The first-order chi connectivity index (χ1) is 14.2. The SMILES string of the molecule is COc1ccc(N/C=C(\C#N)c2nc(-c3ccc4c(c3)OCO4)cs2)cc1OC. The fourth-order valence-electron chi connectivity index (χ4n) is 2.81. The third kappa shape index (κ3) is 3.81. The van der Waals surface area contributed by atoms with Crippen LogP contribution in [0.1, 0.15) is 5.01 Å². The number of fused-ring (bicyclic) bond motifs is 1. The highest BCUT2D eigenvalue weighted by atomic mass is 32.1. The zero-order chi connectivity index (χ0) is 20.2. The van der Waals surface area contributed by atoms with Gasteiger partial charge in [0.05, 0.1) is 19.9 Å². The molecule has 0 atom stereocenters. The molecule has 0 saturated heterocycles. The molecule has 2 aromatic carbocycles. The summed E-state index contributed by atoms with van der Waals surface area (Å²) in [6.45, 7) is 0.226. The normalized spacial score (nSPS) is 12.4. The van der Waals surface area contributed by atoms with Crippen molar-refractivity contribution >= 4 is 22.6 Å². The molecule has 0 amide bonds. The summed E-state index contributed by atoms with van der Waals surface area (Å²) in [5.74, 6) is 2.66. The number of aromatic nitrogens is 1. The monoisotopic (exact) mass is 407 g/mol. The van der Waals surface area contributed by atoms with Gasteiger partial charge in [-0.05, 0) is 30.3 Å². The van der Waals surface area contributed by atoms with Gasteiger partial charge in [0.2, 0.25) is 6.79 Å². The van der Waals surface area contributed by atoms with Crippen LogP contribution in [0, 0.1) is 11.3 Å². The lowest BCUT2D eigenvalue weighted by molar-refractivity contribution is 0.174. The molecular weight excluding hydrogens is 390 g/mol. The van der Waals surface area contributed by atoms with Crippen molar-refractivity contribution in [2.24, 2.45) is 0 Å². The van der Waals surface area contributed by atoms with E-state index in [9.17, 15) is 5.26 Å². The number of ether oxygens (including phenoxy) is 4. The summed E-state index contributed by atoms with van der Waals surface area (Å²) < 4.78 is 21.3. The number of benzene rings is 2. The number of thiazole rings is 1. The summed E-state index contributed by atoms with van der Waals surface area (Å²) in [7, 11) is 3.16. The Kier molecular flexibility index (Phi) is 5.22. The molecule has 2 heterocycles. The number of nitrogens with zero attached hydrogens (tertiary/aromatic N) is 2. The van der Waals surface area contributed by atoms with Crippen molar-refractivity contribution in [2.45, 2.75) is 0 Å². The summed E-state index contributed by atoms with van der Waals surface area (Å²) >= 11 is 1.40. The first-order valence-corrected chi connectivity index (χ1v) is 9.54. The van der Waals surface area contributed by atoms with Crippen molar-refractivity contribution in [1.29, 1.82) is 5.26 Å². The van der Waals surface area contributed by atoms with Gasteiger partial charge in [-0.3, -0.25) is 0 Å². The molecule has 0 fully saturated rings. The Hall–Kier alpha value is -3.70. The molecule has 1 aromatic heterocycles. The van der Waals surface area contributed by atoms with Gasteiger partial charge in [-0.15, -0.1) is 11.3 Å². The molecule has 0 spiro atoms. The predicted octanol–water partition coefficient (Wildman–Crippen LogP) is 4.53. The maximum absolute atomic E-state index is 9.57. The fraction of sp³-hybridized carbons (Fsp3) is 0.143. The molecule has 7 nitrogen and oxygen atoms in total. The van der Waals surface area contributed by atoms with Crippen molar-refractivity contribution < 1.29 is 18.9 Å². The van der Waals surface area contributed by atoms with Crippen LogP contribution < -0.4 is 24.3 Å². The van der Waals surface area contributed by atoms with Gasteiger partial charge in [0.15, 0.2) is 23.0 Å². The number of nitrogens with one attached hydrogen (secondary N) is 1. The van der Waals surface area contributed by atoms with E-state index in [0.717, 1.165) is 22.7 Å². The minimum absolute atomic E-state index is 0.226. The molecule has 8 heteroatoms. The highest BCUT2D eigenvalue weighted by Crippen LogP contribution is 2.36. The van der Waals surface area contributed by atoms with Crippen LogP contribution in [0.3, 0.4) is 0 Å². The first-order valence-electron chi connectivity index (χ1n) is 8.66. The summed E-state index contributed by atoms with van der Waals surface area (Å²) in [6, 6.07) is 13.3. The number of nitriles is 1. The molecule has 0 unspecified atom stereocenters. The number of hydrogen-bond donors (Lipinski definition) is 1. The zero-order valence-electron chi connectivity index (χ0n) is 15.8. The van der Waals surface area contributed by atoms with Gasteiger partial charge >= 0.3 is 0 Å². The zero-order valence-corrected chi connectivity index (χ0v) is 16.6. The van der Waals surface area contributed by atoms with Crippen LogP contribution in [0.4, 0.5) is 5.69 Å². The molecule has 1 aliphatic heterocycles. The number of allylic oxidation sites excluding steroid dienone is 1. The van der Waals surface area contributed by atoms with Crippen molar-refractivity contribution in [3.63, 3.8) is 0 Å². The minimum atomic E-state index is 0.226. The molecule has 3 aromatic rings. The van der Waals surface area contributed by atoms with Gasteiger partial charge in [-0.2, -0.15) is 5.26 Å². The summed E-state index contributed by atoms with van der Waals surface area (Å²) in [5.41, 5.74) is 2.87. The van der Waals surface area contributed by atoms with E-state index < -0.39 is 0 Å². The van der Waals surface area contributed by atoms with Gasteiger partial charge in [0.25, 0.3) is 0 Å². The second-order valence-electron chi connectivity index (χ2n) is 5.99. The van der Waals surface area contributed by atoms with E-state index >= 15 is 0 Å². The lowest BCUT2D eigenvalue weighted by Crippen LogP contribution is -1.94. The second-order valence-corrected chi connectivity index (χ2v) is 6.85. The molecule has 0 aliphatic carbocycles. The molecule has 0 saturated carbocycles. The van der Waals surface area contributed by atoms with Crippen LogP contribution in [0.2, 0.25) is 0 Å². The number of anilines is 1. The maximum atomic E-state index is 9.57. The van der Waals surface area contributed by atoms with Crippen LogP contribution in [0.5, 0.6) is 23.0 Å². The van der Waals surface area contributed by atoms with Crippen molar-refractivity contribution in [2.75, 3.05) is 26.3 Å². The Morgan fingerprint density at radius 3 is 2.76 bits per heavy atom. The van der Waals surface area contributed by atoms with Gasteiger partial charge in [-0.25, -0.2) is 4.98 Å². The smallest absolute Gasteiger partial charge is 0.231 e. The fourth-order valence-corrected chi connectivity index (χ4v) is 3.60. The average molecular weight is 407 g/mol. The quantitative estimate of drug-likeness (QED) is 0.601. The second kappa shape index (κ2) is 8.12. The van der Waals surface area contributed by atoms with Crippen LogP contribution in [-0.4, -0.2) is 26.0 Å². The predicted molar refractivity (Wildman–Crippen MR) is 110 cm³/mol. The van der Waals surface area contributed by atoms with E-state index in [0.29, 0.717) is 27.8 Å². The van der Waals surface area contributed by atoms with Crippen molar-refractivity contribution in [3.05, 3.63) is 53.0 Å². The summed E-state index contributed by atoms with van der Waals surface area (Å²) in [6.07, 6.45) is 1.63. The van der Waals surface area contributed by atoms with Crippen molar-refractivity contribution in [3.8, 4) is 40.3 Å². The Morgan fingerprint density at radius 2 is 1.97 bits per heavy atom. The van der Waals surface area contributed by atoms with Crippen LogP contribution in [0.15, 0.2) is 48.0 Å². The van der Waals surface area contributed by atoms with Gasteiger partial charge in [-0.1, -0.05) is 0 Å². The molecule has 29 heavy (non-hydrogen) atoms.